The molecular weight excluding hydrogens is 187 g/mol. The van der Waals surface area contributed by atoms with Gasteiger partial charge in [0, 0.05) is 29.6 Å². The van der Waals surface area contributed by atoms with Crippen LogP contribution in [0.2, 0.25) is 0 Å². The third kappa shape index (κ3) is 4.27. The fourth-order valence-electron chi connectivity index (χ4n) is 1.43. The summed E-state index contributed by atoms with van der Waals surface area (Å²) in [6.07, 6.45) is 1.09. The Morgan fingerprint density at radius 1 is 1.36 bits per heavy atom. The van der Waals surface area contributed by atoms with E-state index in [-0.39, 0.29) is 41.9 Å². The van der Waals surface area contributed by atoms with Crippen molar-refractivity contribution < 1.29 is 9.90 Å². The second-order valence-electron chi connectivity index (χ2n) is 3.11. The molecule has 1 atom stereocenters. The van der Waals surface area contributed by atoms with Crippen molar-refractivity contribution in [2.45, 2.75) is 25.7 Å². The maximum absolute atomic E-state index is 10.5. The Labute approximate surface area is 107 Å². The predicted octanol–water partition coefficient (Wildman–Crippen LogP) is 2.27. The van der Waals surface area contributed by atoms with Gasteiger partial charge in [-0.15, -0.1) is 0 Å². The van der Waals surface area contributed by atoms with Gasteiger partial charge < -0.3 is 5.11 Å². The summed E-state index contributed by atoms with van der Waals surface area (Å²) >= 11 is 0. The number of hydrogen-bond donors (Lipinski definition) is 1. The maximum Gasteiger partial charge on any atom is 0.303 e. The van der Waals surface area contributed by atoms with Gasteiger partial charge in [-0.05, 0) is 17.9 Å². The first-order chi connectivity index (χ1) is 6.24. The van der Waals surface area contributed by atoms with Crippen molar-refractivity contribution in [3.63, 3.8) is 0 Å². The standard InChI is InChI=1S/C11H14O2.Na/c1-2-9(8-11(12)13)10-6-4-3-5-7-10;/h3-7,9H,2,8H2,1H3,(H,12,13);. The monoisotopic (exact) mass is 201 g/mol. The van der Waals surface area contributed by atoms with Crippen molar-refractivity contribution >= 4 is 35.5 Å². The van der Waals surface area contributed by atoms with Gasteiger partial charge in [0.2, 0.25) is 0 Å². The molecule has 1 N–H and O–H groups in total. The molecule has 0 aliphatic heterocycles. The van der Waals surface area contributed by atoms with E-state index in [9.17, 15) is 4.79 Å². The number of rotatable bonds is 4. The van der Waals surface area contributed by atoms with Crippen LogP contribution < -0.4 is 0 Å². The Morgan fingerprint density at radius 3 is 2.36 bits per heavy atom. The molecule has 3 heteroatoms. The van der Waals surface area contributed by atoms with Gasteiger partial charge in [0.25, 0.3) is 0 Å². The summed E-state index contributed by atoms with van der Waals surface area (Å²) in [5.74, 6) is -0.575. The van der Waals surface area contributed by atoms with Crippen LogP contribution in [0.4, 0.5) is 0 Å². The largest absolute Gasteiger partial charge is 0.481 e. The molecule has 1 radical (unpaired) electrons. The van der Waals surface area contributed by atoms with Crippen LogP contribution in [-0.4, -0.2) is 40.6 Å². The van der Waals surface area contributed by atoms with Crippen LogP contribution in [0.3, 0.4) is 0 Å². The van der Waals surface area contributed by atoms with E-state index < -0.39 is 5.97 Å². The number of carboxylic acid groups (broad SMARTS) is 1. The predicted molar refractivity (Wildman–Crippen MR) is 57.5 cm³/mol. The zero-order valence-corrected chi connectivity index (χ0v) is 10.7. The zero-order chi connectivity index (χ0) is 9.68. The van der Waals surface area contributed by atoms with E-state index in [1.807, 2.05) is 37.3 Å². The molecular formula is C11H14NaO2. The quantitative estimate of drug-likeness (QED) is 0.759. The van der Waals surface area contributed by atoms with E-state index in [4.69, 9.17) is 5.11 Å². The average molecular weight is 201 g/mol. The second kappa shape index (κ2) is 7.04. The SMILES string of the molecule is CCC(CC(=O)O)c1ccccc1.[Na]. The van der Waals surface area contributed by atoms with Gasteiger partial charge in [-0.3, -0.25) is 4.79 Å². The first-order valence-corrected chi connectivity index (χ1v) is 4.50. The summed E-state index contributed by atoms with van der Waals surface area (Å²) in [6, 6.07) is 9.80. The van der Waals surface area contributed by atoms with Crippen LogP contribution in [0.25, 0.3) is 0 Å². The Balaban J connectivity index is 0.00000169. The average Bonchev–Trinajstić information content (AvgIpc) is 2.15. The molecule has 0 bridgehead atoms. The van der Waals surface area contributed by atoms with Crippen molar-refractivity contribution in [2.24, 2.45) is 0 Å². The minimum atomic E-state index is -0.726. The van der Waals surface area contributed by atoms with Crippen LogP contribution in [-0.2, 0) is 4.79 Å². The molecule has 0 aromatic heterocycles. The van der Waals surface area contributed by atoms with Gasteiger partial charge in [-0.1, -0.05) is 37.3 Å². The third-order valence-corrected chi connectivity index (χ3v) is 2.18. The van der Waals surface area contributed by atoms with E-state index in [1.54, 1.807) is 0 Å². The minimum Gasteiger partial charge on any atom is -0.481 e. The first-order valence-electron chi connectivity index (χ1n) is 4.50. The summed E-state index contributed by atoms with van der Waals surface area (Å²) in [5.41, 5.74) is 1.12. The fraction of sp³-hybridized carbons (Fsp3) is 0.364. The molecule has 1 unspecified atom stereocenters. The van der Waals surface area contributed by atoms with Crippen molar-refractivity contribution in [2.75, 3.05) is 0 Å². The molecule has 1 aromatic carbocycles. The third-order valence-electron chi connectivity index (χ3n) is 2.18. The molecule has 0 spiro atoms. The van der Waals surface area contributed by atoms with E-state index in [0.717, 1.165) is 12.0 Å². The minimum absolute atomic E-state index is 0. The molecule has 14 heavy (non-hydrogen) atoms. The molecule has 0 aliphatic carbocycles. The first kappa shape index (κ1) is 13.7. The smallest absolute Gasteiger partial charge is 0.303 e. The normalized spacial score (nSPS) is 11.5. The van der Waals surface area contributed by atoms with Crippen molar-refractivity contribution in [3.05, 3.63) is 35.9 Å². The van der Waals surface area contributed by atoms with Crippen molar-refractivity contribution in [3.8, 4) is 0 Å². The van der Waals surface area contributed by atoms with Gasteiger partial charge in [0.05, 0.1) is 6.42 Å². The molecule has 2 nitrogen and oxygen atoms in total. The Kier molecular flexibility index (Phi) is 6.89. The number of aliphatic carboxylic acids is 1. The Morgan fingerprint density at radius 2 is 1.93 bits per heavy atom. The molecule has 1 aromatic rings. The van der Waals surface area contributed by atoms with E-state index >= 15 is 0 Å². The molecule has 0 saturated carbocycles. The molecule has 71 valence electrons. The van der Waals surface area contributed by atoms with Crippen molar-refractivity contribution in [1.82, 2.24) is 0 Å². The molecule has 0 heterocycles. The zero-order valence-electron chi connectivity index (χ0n) is 8.73. The topological polar surface area (TPSA) is 37.3 Å². The van der Waals surface area contributed by atoms with Gasteiger partial charge in [-0.2, -0.15) is 0 Å². The fourth-order valence-corrected chi connectivity index (χ4v) is 1.43. The molecule has 1 rings (SSSR count). The summed E-state index contributed by atoms with van der Waals surface area (Å²) in [5, 5.41) is 8.68. The van der Waals surface area contributed by atoms with Crippen LogP contribution in [0.5, 0.6) is 0 Å². The van der Waals surface area contributed by atoms with E-state index in [1.165, 1.54) is 0 Å². The number of benzene rings is 1. The van der Waals surface area contributed by atoms with Crippen LogP contribution >= 0.6 is 0 Å². The summed E-state index contributed by atoms with van der Waals surface area (Å²) < 4.78 is 0. The van der Waals surface area contributed by atoms with Crippen molar-refractivity contribution in [1.29, 1.82) is 0 Å². The van der Waals surface area contributed by atoms with Crippen LogP contribution in [0.1, 0.15) is 31.2 Å². The molecule has 0 saturated heterocycles. The van der Waals surface area contributed by atoms with Crippen LogP contribution in [0.15, 0.2) is 30.3 Å². The second-order valence-corrected chi connectivity index (χ2v) is 3.11. The van der Waals surface area contributed by atoms with Crippen LogP contribution in [0, 0.1) is 0 Å². The van der Waals surface area contributed by atoms with Gasteiger partial charge in [0.1, 0.15) is 0 Å². The molecule has 0 fully saturated rings. The van der Waals surface area contributed by atoms with E-state index in [2.05, 4.69) is 0 Å². The number of hydrogen-bond acceptors (Lipinski definition) is 1. The van der Waals surface area contributed by atoms with Gasteiger partial charge in [0.15, 0.2) is 0 Å². The Bertz CT molecular complexity index is 272. The summed E-state index contributed by atoms with van der Waals surface area (Å²) in [7, 11) is 0. The number of carbonyl (C=O) groups is 1. The maximum atomic E-state index is 10.5. The summed E-state index contributed by atoms with van der Waals surface area (Å²) in [6.45, 7) is 2.01. The van der Waals surface area contributed by atoms with E-state index in [0.29, 0.717) is 0 Å². The summed E-state index contributed by atoms with van der Waals surface area (Å²) in [4.78, 5) is 10.5. The molecule has 0 amide bonds. The number of carboxylic acids is 1. The molecule has 0 aliphatic rings. The van der Waals surface area contributed by atoms with Gasteiger partial charge in [-0.25, -0.2) is 0 Å². The Hall–Kier alpha value is -0.310. The van der Waals surface area contributed by atoms with Gasteiger partial charge >= 0.3 is 5.97 Å².